The van der Waals surface area contributed by atoms with Crippen LogP contribution in [0.3, 0.4) is 0 Å². The molecule has 2 aromatic carbocycles. The molecule has 0 saturated carbocycles. The fourth-order valence-electron chi connectivity index (χ4n) is 4.66. The average molecular weight is 552 g/mol. The summed E-state index contributed by atoms with van der Waals surface area (Å²) < 4.78 is 0. The molecular weight excluding hydrogens is 519 g/mol. The van der Waals surface area contributed by atoms with Gasteiger partial charge in [0, 0.05) is 57.7 Å². The van der Waals surface area contributed by atoms with E-state index in [0.717, 1.165) is 61.6 Å². The number of amides is 1. The first-order valence-electron chi connectivity index (χ1n) is 11.7. The van der Waals surface area contributed by atoms with E-state index in [2.05, 4.69) is 55.4 Å². The van der Waals surface area contributed by atoms with Crippen LogP contribution in [0.5, 0.6) is 0 Å². The SMILES string of the molecule is Cl.Cl.Cl.O=C(C(C=Cc1ccccc1)N1CCNCC1)N1CCN(c2ncnc3ccccc23)CC1. The van der Waals surface area contributed by atoms with Gasteiger partial charge in [-0.25, -0.2) is 9.97 Å². The molecule has 0 spiro atoms. The van der Waals surface area contributed by atoms with Crippen molar-refractivity contribution in [2.24, 2.45) is 0 Å². The number of para-hydroxylation sites is 1. The monoisotopic (exact) mass is 550 g/mol. The van der Waals surface area contributed by atoms with Gasteiger partial charge in [-0.1, -0.05) is 54.6 Å². The maximum Gasteiger partial charge on any atom is 0.244 e. The molecule has 1 unspecified atom stereocenters. The molecule has 36 heavy (non-hydrogen) atoms. The Morgan fingerprint density at radius 1 is 0.833 bits per heavy atom. The summed E-state index contributed by atoms with van der Waals surface area (Å²) in [5.41, 5.74) is 2.07. The maximum atomic E-state index is 13.6. The largest absolute Gasteiger partial charge is 0.352 e. The van der Waals surface area contributed by atoms with E-state index in [9.17, 15) is 4.79 Å². The highest BCUT2D eigenvalue weighted by Crippen LogP contribution is 2.24. The molecule has 7 nitrogen and oxygen atoms in total. The number of hydrogen-bond donors (Lipinski definition) is 1. The van der Waals surface area contributed by atoms with Crippen LogP contribution in [0.15, 0.2) is 67.0 Å². The third kappa shape index (κ3) is 6.87. The van der Waals surface area contributed by atoms with Gasteiger partial charge in [0.15, 0.2) is 0 Å². The van der Waals surface area contributed by atoms with Crippen molar-refractivity contribution in [3.8, 4) is 0 Å². The van der Waals surface area contributed by atoms with Crippen molar-refractivity contribution in [1.82, 2.24) is 25.1 Å². The molecule has 2 saturated heterocycles. The quantitative estimate of drug-likeness (QED) is 0.523. The van der Waals surface area contributed by atoms with Crippen molar-refractivity contribution in [2.45, 2.75) is 6.04 Å². The molecule has 3 heterocycles. The number of aromatic nitrogens is 2. The van der Waals surface area contributed by atoms with E-state index in [1.807, 2.05) is 41.3 Å². The van der Waals surface area contributed by atoms with E-state index in [-0.39, 0.29) is 49.2 Å². The molecule has 2 aliphatic rings. The molecule has 3 aromatic rings. The topological polar surface area (TPSA) is 64.6 Å². The van der Waals surface area contributed by atoms with Crippen molar-refractivity contribution in [2.75, 3.05) is 57.3 Å². The van der Waals surface area contributed by atoms with Gasteiger partial charge in [-0.15, -0.1) is 37.2 Å². The van der Waals surface area contributed by atoms with Crippen molar-refractivity contribution in [3.05, 3.63) is 72.6 Å². The van der Waals surface area contributed by atoms with Crippen LogP contribution < -0.4 is 10.2 Å². The Morgan fingerprint density at radius 3 is 2.22 bits per heavy atom. The number of fused-ring (bicyclic) bond motifs is 1. The number of piperazine rings is 2. The predicted molar refractivity (Wildman–Crippen MR) is 154 cm³/mol. The molecule has 194 valence electrons. The van der Waals surface area contributed by atoms with Crippen LogP contribution >= 0.6 is 37.2 Å². The molecule has 1 atom stereocenters. The summed E-state index contributed by atoms with van der Waals surface area (Å²) in [5, 5.41) is 4.45. The minimum Gasteiger partial charge on any atom is -0.352 e. The summed E-state index contributed by atoms with van der Waals surface area (Å²) in [4.78, 5) is 29.2. The second kappa shape index (κ2) is 14.4. The van der Waals surface area contributed by atoms with Gasteiger partial charge in [0.1, 0.15) is 18.2 Å². The molecule has 2 aliphatic heterocycles. The molecule has 0 aliphatic carbocycles. The Balaban J connectivity index is 0.00000152. The van der Waals surface area contributed by atoms with Crippen molar-refractivity contribution >= 4 is 65.9 Å². The lowest BCUT2D eigenvalue weighted by molar-refractivity contribution is -0.135. The van der Waals surface area contributed by atoms with Crippen LogP contribution in [-0.2, 0) is 4.79 Å². The summed E-state index contributed by atoms with van der Waals surface area (Å²) >= 11 is 0. The number of anilines is 1. The zero-order chi connectivity index (χ0) is 22.5. The molecule has 1 aromatic heterocycles. The van der Waals surface area contributed by atoms with Crippen LogP contribution in [0, 0.1) is 0 Å². The Bertz CT molecular complexity index is 1110. The predicted octanol–water partition coefficient (Wildman–Crippen LogP) is 3.53. The number of rotatable bonds is 5. The smallest absolute Gasteiger partial charge is 0.244 e. The molecule has 10 heteroatoms. The third-order valence-corrected chi connectivity index (χ3v) is 6.48. The zero-order valence-electron chi connectivity index (χ0n) is 20.0. The number of carbonyl (C=O) groups excluding carboxylic acids is 1. The van der Waals surface area contributed by atoms with Gasteiger partial charge in [0.05, 0.1) is 5.52 Å². The lowest BCUT2D eigenvalue weighted by Crippen LogP contribution is -2.57. The first-order valence-corrected chi connectivity index (χ1v) is 11.7. The van der Waals surface area contributed by atoms with Crippen molar-refractivity contribution in [1.29, 1.82) is 0 Å². The molecule has 0 radical (unpaired) electrons. The molecule has 2 fully saturated rings. The minimum atomic E-state index is -0.237. The number of carbonyl (C=O) groups is 1. The van der Waals surface area contributed by atoms with E-state index in [1.54, 1.807) is 6.33 Å². The van der Waals surface area contributed by atoms with E-state index in [1.165, 1.54) is 0 Å². The fourth-order valence-corrected chi connectivity index (χ4v) is 4.66. The van der Waals surface area contributed by atoms with Gasteiger partial charge in [0.25, 0.3) is 0 Å². The second-order valence-corrected chi connectivity index (χ2v) is 8.53. The van der Waals surface area contributed by atoms with Crippen LogP contribution in [0.2, 0.25) is 0 Å². The summed E-state index contributed by atoms with van der Waals surface area (Å²) in [7, 11) is 0. The number of halogens is 3. The lowest BCUT2D eigenvalue weighted by atomic mass is 10.1. The van der Waals surface area contributed by atoms with Crippen LogP contribution in [0.1, 0.15) is 5.56 Å². The molecule has 5 rings (SSSR count). The normalized spacial score (nSPS) is 17.1. The summed E-state index contributed by atoms with van der Waals surface area (Å²) in [6.45, 7) is 6.50. The summed E-state index contributed by atoms with van der Waals surface area (Å²) in [6, 6.07) is 18.1. The van der Waals surface area contributed by atoms with Gasteiger partial charge >= 0.3 is 0 Å². The Hall–Kier alpha value is -2.42. The Morgan fingerprint density at radius 2 is 1.50 bits per heavy atom. The van der Waals surface area contributed by atoms with Crippen molar-refractivity contribution < 1.29 is 4.79 Å². The van der Waals surface area contributed by atoms with E-state index in [0.29, 0.717) is 13.1 Å². The third-order valence-electron chi connectivity index (χ3n) is 6.48. The zero-order valence-corrected chi connectivity index (χ0v) is 22.5. The van der Waals surface area contributed by atoms with Crippen LogP contribution in [0.25, 0.3) is 17.0 Å². The van der Waals surface area contributed by atoms with Gasteiger partial charge in [-0.2, -0.15) is 0 Å². The molecular formula is C26H33Cl3N6O. The number of hydrogen-bond acceptors (Lipinski definition) is 6. The Labute approximate surface area is 231 Å². The Kier molecular flexibility index (Phi) is 11.9. The van der Waals surface area contributed by atoms with E-state index in [4.69, 9.17) is 0 Å². The first-order chi connectivity index (χ1) is 16.3. The van der Waals surface area contributed by atoms with E-state index >= 15 is 0 Å². The van der Waals surface area contributed by atoms with Crippen LogP contribution in [0.4, 0.5) is 5.82 Å². The lowest BCUT2D eigenvalue weighted by Gasteiger charge is -2.40. The van der Waals surface area contributed by atoms with Gasteiger partial charge in [-0.05, 0) is 17.7 Å². The average Bonchev–Trinajstić information content (AvgIpc) is 2.90. The number of nitrogens with one attached hydrogen (secondary N) is 1. The molecule has 1 N–H and O–H groups in total. The van der Waals surface area contributed by atoms with E-state index < -0.39 is 0 Å². The van der Waals surface area contributed by atoms with Gasteiger partial charge in [0.2, 0.25) is 5.91 Å². The van der Waals surface area contributed by atoms with Gasteiger partial charge in [-0.3, -0.25) is 9.69 Å². The maximum absolute atomic E-state index is 13.6. The molecule has 0 bridgehead atoms. The fraction of sp³-hybridized carbons (Fsp3) is 0.346. The number of nitrogens with zero attached hydrogens (tertiary/aromatic N) is 5. The minimum absolute atomic E-state index is 0. The molecule has 1 amide bonds. The first kappa shape index (κ1) is 29.8. The number of benzene rings is 2. The van der Waals surface area contributed by atoms with Crippen LogP contribution in [-0.4, -0.2) is 84.1 Å². The highest BCUT2D eigenvalue weighted by Gasteiger charge is 2.31. The summed E-state index contributed by atoms with van der Waals surface area (Å²) in [5.74, 6) is 1.15. The van der Waals surface area contributed by atoms with Gasteiger partial charge < -0.3 is 15.1 Å². The van der Waals surface area contributed by atoms with Crippen molar-refractivity contribution in [3.63, 3.8) is 0 Å². The standard InChI is InChI=1S/C26H30N6O.3ClH/c33-26(24(30-14-12-27-13-15-30)11-10-21-6-2-1-3-7-21)32-18-16-31(17-19-32)25-22-8-4-5-9-23(22)28-20-29-25;;;/h1-11,20,24,27H,12-19H2;3*1H. The highest BCUT2D eigenvalue weighted by atomic mass is 35.5. The highest BCUT2D eigenvalue weighted by molar-refractivity contribution is 5.89. The second-order valence-electron chi connectivity index (χ2n) is 8.53. The summed E-state index contributed by atoms with van der Waals surface area (Å²) in [6.07, 6.45) is 5.78.